The number of benzene rings is 1. The Bertz CT molecular complexity index is 842. The lowest BCUT2D eigenvalue weighted by atomic mass is 10.1. The molecule has 0 amide bonds. The molecule has 0 bridgehead atoms. The smallest absolute Gasteiger partial charge is 0.417 e. The van der Waals surface area contributed by atoms with E-state index >= 15 is 0 Å². The standard InChI is InChI=1S/C15H15F3N2O3S/c16-15(17,18)13-4-2-1-3-12(13)14-8-7-11(23-14)9-20(10-5-6-10)24(19,21)22/h1-4,7-8,10H,5-6,9H2,(H2,19,21,22). The van der Waals surface area contributed by atoms with E-state index in [9.17, 15) is 21.6 Å². The summed E-state index contributed by atoms with van der Waals surface area (Å²) in [5.74, 6) is 0.269. The molecule has 0 atom stereocenters. The van der Waals surface area contributed by atoms with Crippen molar-refractivity contribution < 1.29 is 26.0 Å². The molecule has 0 aliphatic heterocycles. The molecular formula is C15H15F3N2O3S. The van der Waals surface area contributed by atoms with E-state index in [1.165, 1.54) is 30.3 Å². The van der Waals surface area contributed by atoms with Gasteiger partial charge in [-0.2, -0.15) is 25.9 Å². The van der Waals surface area contributed by atoms with Gasteiger partial charge < -0.3 is 4.42 Å². The van der Waals surface area contributed by atoms with Gasteiger partial charge in [0.15, 0.2) is 0 Å². The van der Waals surface area contributed by atoms with E-state index in [0.717, 1.165) is 10.4 Å². The minimum atomic E-state index is -4.51. The Labute approximate surface area is 137 Å². The molecule has 2 N–H and O–H groups in total. The first-order valence-electron chi connectivity index (χ1n) is 7.21. The van der Waals surface area contributed by atoms with Gasteiger partial charge in [-0.15, -0.1) is 0 Å². The molecule has 1 aliphatic rings. The van der Waals surface area contributed by atoms with Crippen LogP contribution in [0.5, 0.6) is 0 Å². The van der Waals surface area contributed by atoms with Crippen LogP contribution in [0.3, 0.4) is 0 Å². The van der Waals surface area contributed by atoms with Gasteiger partial charge in [0.25, 0.3) is 10.2 Å². The Morgan fingerprint density at radius 1 is 1.17 bits per heavy atom. The lowest BCUT2D eigenvalue weighted by molar-refractivity contribution is -0.137. The maximum atomic E-state index is 13.1. The highest BCUT2D eigenvalue weighted by Crippen LogP contribution is 2.38. The second kappa shape index (κ2) is 5.91. The van der Waals surface area contributed by atoms with Crippen LogP contribution in [0, 0.1) is 0 Å². The highest BCUT2D eigenvalue weighted by molar-refractivity contribution is 7.86. The van der Waals surface area contributed by atoms with Gasteiger partial charge in [0.2, 0.25) is 0 Å². The van der Waals surface area contributed by atoms with Crippen molar-refractivity contribution in [1.29, 1.82) is 0 Å². The highest BCUT2D eigenvalue weighted by Gasteiger charge is 2.37. The molecule has 9 heteroatoms. The number of rotatable bonds is 5. The summed E-state index contributed by atoms with van der Waals surface area (Å²) in [6.07, 6.45) is -3.09. The SMILES string of the molecule is NS(=O)(=O)N(Cc1ccc(-c2ccccc2C(F)(F)F)o1)C1CC1. The van der Waals surface area contributed by atoms with Crippen molar-refractivity contribution >= 4 is 10.2 Å². The molecule has 1 fully saturated rings. The van der Waals surface area contributed by atoms with Crippen LogP contribution < -0.4 is 5.14 Å². The average Bonchev–Trinajstić information content (AvgIpc) is 3.20. The van der Waals surface area contributed by atoms with Crippen molar-refractivity contribution in [3.05, 3.63) is 47.7 Å². The molecule has 3 rings (SSSR count). The van der Waals surface area contributed by atoms with E-state index in [4.69, 9.17) is 9.56 Å². The van der Waals surface area contributed by atoms with Crippen molar-refractivity contribution in [2.24, 2.45) is 5.14 Å². The first-order chi connectivity index (χ1) is 11.2. The van der Waals surface area contributed by atoms with E-state index < -0.39 is 21.9 Å². The topological polar surface area (TPSA) is 76.5 Å². The predicted octanol–water partition coefficient (Wildman–Crippen LogP) is 3.13. The van der Waals surface area contributed by atoms with E-state index in [1.807, 2.05) is 0 Å². The number of furan rings is 1. The Morgan fingerprint density at radius 2 is 1.83 bits per heavy atom. The first kappa shape index (κ1) is 17.0. The fourth-order valence-corrected chi connectivity index (χ4v) is 3.43. The van der Waals surface area contributed by atoms with Crippen LogP contribution in [0.25, 0.3) is 11.3 Å². The molecule has 24 heavy (non-hydrogen) atoms. The van der Waals surface area contributed by atoms with Crippen molar-refractivity contribution in [2.75, 3.05) is 0 Å². The van der Waals surface area contributed by atoms with E-state index in [0.29, 0.717) is 12.8 Å². The van der Waals surface area contributed by atoms with Gasteiger partial charge in [-0.1, -0.05) is 18.2 Å². The summed E-state index contributed by atoms with van der Waals surface area (Å²) in [6, 6.07) is 7.75. The van der Waals surface area contributed by atoms with Gasteiger partial charge >= 0.3 is 6.18 Å². The summed E-state index contributed by atoms with van der Waals surface area (Å²) in [4.78, 5) is 0. The maximum Gasteiger partial charge on any atom is 0.417 e. The molecule has 1 aliphatic carbocycles. The van der Waals surface area contributed by atoms with Crippen LogP contribution in [-0.2, 0) is 22.9 Å². The fraction of sp³-hybridized carbons (Fsp3) is 0.333. The zero-order chi connectivity index (χ0) is 17.5. The van der Waals surface area contributed by atoms with Gasteiger partial charge in [-0.05, 0) is 31.0 Å². The number of alkyl halides is 3. The van der Waals surface area contributed by atoms with Crippen LogP contribution in [0.2, 0.25) is 0 Å². The Hall–Kier alpha value is -1.84. The predicted molar refractivity (Wildman–Crippen MR) is 80.8 cm³/mol. The van der Waals surface area contributed by atoms with Crippen LogP contribution in [0.15, 0.2) is 40.8 Å². The lowest BCUT2D eigenvalue weighted by Crippen LogP contribution is -2.37. The van der Waals surface area contributed by atoms with Gasteiger partial charge in [0.1, 0.15) is 11.5 Å². The molecule has 0 unspecified atom stereocenters. The quantitative estimate of drug-likeness (QED) is 0.890. The second-order valence-electron chi connectivity index (χ2n) is 5.63. The molecule has 2 aromatic rings. The monoisotopic (exact) mass is 360 g/mol. The van der Waals surface area contributed by atoms with E-state index in [-0.39, 0.29) is 29.7 Å². The molecule has 5 nitrogen and oxygen atoms in total. The fourth-order valence-electron chi connectivity index (χ4n) is 2.50. The van der Waals surface area contributed by atoms with Gasteiger partial charge in [0, 0.05) is 11.6 Å². The number of halogens is 3. The second-order valence-corrected chi connectivity index (χ2v) is 7.13. The molecule has 1 heterocycles. The first-order valence-corrected chi connectivity index (χ1v) is 8.71. The third kappa shape index (κ3) is 3.63. The third-order valence-electron chi connectivity index (χ3n) is 3.75. The number of hydrogen-bond donors (Lipinski definition) is 1. The molecule has 130 valence electrons. The minimum absolute atomic E-state index is 0.0306. The summed E-state index contributed by atoms with van der Waals surface area (Å²) >= 11 is 0. The summed E-state index contributed by atoms with van der Waals surface area (Å²) in [5, 5.41) is 5.18. The van der Waals surface area contributed by atoms with Crippen LogP contribution in [-0.4, -0.2) is 18.8 Å². The summed E-state index contributed by atoms with van der Waals surface area (Å²) in [6.45, 7) is -0.0995. The van der Waals surface area contributed by atoms with Crippen LogP contribution in [0.4, 0.5) is 13.2 Å². The van der Waals surface area contributed by atoms with E-state index in [2.05, 4.69) is 0 Å². The summed E-state index contributed by atoms with van der Waals surface area (Å²) in [7, 11) is -3.89. The van der Waals surface area contributed by atoms with Crippen molar-refractivity contribution in [3.63, 3.8) is 0 Å². The Balaban J connectivity index is 1.89. The van der Waals surface area contributed by atoms with Gasteiger partial charge in [-0.3, -0.25) is 0 Å². The number of hydrogen-bond acceptors (Lipinski definition) is 3. The lowest BCUT2D eigenvalue weighted by Gasteiger charge is -2.17. The summed E-state index contributed by atoms with van der Waals surface area (Å²) in [5.41, 5.74) is -0.902. The van der Waals surface area contributed by atoms with Crippen molar-refractivity contribution in [2.45, 2.75) is 31.6 Å². The summed E-state index contributed by atoms with van der Waals surface area (Å²) < 4.78 is 69.0. The zero-order valence-electron chi connectivity index (χ0n) is 12.5. The van der Waals surface area contributed by atoms with Gasteiger partial charge in [-0.25, -0.2) is 5.14 Å². The van der Waals surface area contributed by atoms with Crippen molar-refractivity contribution in [3.8, 4) is 11.3 Å². The van der Waals surface area contributed by atoms with Crippen LogP contribution in [0.1, 0.15) is 24.2 Å². The van der Waals surface area contributed by atoms with Crippen molar-refractivity contribution in [1.82, 2.24) is 4.31 Å². The number of nitrogens with zero attached hydrogens (tertiary/aromatic N) is 1. The Kier molecular flexibility index (Phi) is 4.18. The largest absolute Gasteiger partial charge is 0.460 e. The third-order valence-corrected chi connectivity index (χ3v) is 4.83. The van der Waals surface area contributed by atoms with Gasteiger partial charge in [0.05, 0.1) is 12.1 Å². The molecule has 1 saturated carbocycles. The molecule has 0 saturated heterocycles. The van der Waals surface area contributed by atoms with E-state index in [1.54, 1.807) is 0 Å². The zero-order valence-corrected chi connectivity index (χ0v) is 13.3. The molecule has 0 radical (unpaired) electrons. The highest BCUT2D eigenvalue weighted by atomic mass is 32.2. The maximum absolute atomic E-state index is 13.1. The Morgan fingerprint density at radius 3 is 2.42 bits per heavy atom. The minimum Gasteiger partial charge on any atom is -0.460 e. The van der Waals surface area contributed by atoms with Crippen LogP contribution >= 0.6 is 0 Å². The molecule has 1 aromatic heterocycles. The molecule has 1 aromatic carbocycles. The normalized spacial score (nSPS) is 15.9. The molecule has 0 spiro atoms. The number of nitrogens with two attached hydrogens (primary N) is 1. The average molecular weight is 360 g/mol. The molecular weight excluding hydrogens is 345 g/mol.